The Morgan fingerprint density at radius 3 is 3.00 bits per heavy atom. The number of thiophene rings is 1. The van der Waals surface area contributed by atoms with E-state index in [0.717, 1.165) is 44.5 Å². The first kappa shape index (κ1) is 13.5. The van der Waals surface area contributed by atoms with Crippen molar-refractivity contribution in [3.8, 4) is 10.7 Å². The summed E-state index contributed by atoms with van der Waals surface area (Å²) < 4.78 is 2.11. The minimum Gasteiger partial charge on any atom is -0.337 e. The van der Waals surface area contributed by atoms with Crippen LogP contribution in [-0.4, -0.2) is 40.9 Å². The first-order chi connectivity index (χ1) is 9.13. The van der Waals surface area contributed by atoms with Gasteiger partial charge in [-0.15, -0.1) is 16.4 Å². The van der Waals surface area contributed by atoms with Crippen LogP contribution in [0.25, 0.3) is 10.7 Å². The lowest BCUT2D eigenvalue weighted by Gasteiger charge is -2.30. The van der Waals surface area contributed by atoms with Crippen LogP contribution >= 0.6 is 43.2 Å². The number of aromatic amines is 1. The zero-order chi connectivity index (χ0) is 13.4. The molecule has 0 saturated carbocycles. The summed E-state index contributed by atoms with van der Waals surface area (Å²) in [6.45, 7) is 5.03. The number of H-pyrrole nitrogens is 1. The summed E-state index contributed by atoms with van der Waals surface area (Å²) in [5.41, 5.74) is 0. The van der Waals surface area contributed by atoms with Crippen molar-refractivity contribution in [1.82, 2.24) is 20.5 Å². The number of halogens is 2. The average molecular weight is 407 g/mol. The SMILES string of the molecule is C[C@@H]1CN(c2n[nH]c(-c3cc(Br)c(Br)s3)n2)CCN1. The molecular weight excluding hydrogens is 394 g/mol. The molecule has 0 aromatic carbocycles. The molecule has 2 aromatic heterocycles. The second-order valence-electron chi connectivity index (χ2n) is 4.52. The number of nitrogens with one attached hydrogen (secondary N) is 2. The van der Waals surface area contributed by atoms with Gasteiger partial charge in [0.2, 0.25) is 5.95 Å². The van der Waals surface area contributed by atoms with Crippen LogP contribution in [0.4, 0.5) is 5.95 Å². The fourth-order valence-electron chi connectivity index (χ4n) is 2.08. The maximum absolute atomic E-state index is 4.59. The summed E-state index contributed by atoms with van der Waals surface area (Å²) in [6, 6.07) is 2.51. The van der Waals surface area contributed by atoms with Gasteiger partial charge in [0, 0.05) is 30.1 Å². The van der Waals surface area contributed by atoms with E-state index in [2.05, 4.69) is 64.2 Å². The molecule has 3 rings (SSSR count). The molecule has 1 atom stereocenters. The van der Waals surface area contributed by atoms with Crippen molar-refractivity contribution >= 4 is 49.1 Å². The number of hydrogen-bond acceptors (Lipinski definition) is 5. The lowest BCUT2D eigenvalue weighted by atomic mass is 10.2. The smallest absolute Gasteiger partial charge is 0.245 e. The van der Waals surface area contributed by atoms with Crippen molar-refractivity contribution in [1.29, 1.82) is 0 Å². The molecule has 3 heterocycles. The summed E-state index contributed by atoms with van der Waals surface area (Å²) in [6.07, 6.45) is 0. The third-order valence-corrected chi connectivity index (χ3v) is 6.27. The Hall–Kier alpha value is -0.440. The molecule has 0 radical (unpaired) electrons. The Kier molecular flexibility index (Phi) is 3.93. The van der Waals surface area contributed by atoms with Crippen molar-refractivity contribution in [2.24, 2.45) is 0 Å². The van der Waals surface area contributed by atoms with Crippen LogP contribution in [0.15, 0.2) is 14.3 Å². The van der Waals surface area contributed by atoms with Crippen LogP contribution in [0, 0.1) is 0 Å². The summed E-state index contributed by atoms with van der Waals surface area (Å²) in [4.78, 5) is 7.87. The van der Waals surface area contributed by atoms with Crippen molar-refractivity contribution in [2.75, 3.05) is 24.5 Å². The van der Waals surface area contributed by atoms with Crippen LogP contribution in [0.2, 0.25) is 0 Å². The third-order valence-electron chi connectivity index (χ3n) is 3.00. The van der Waals surface area contributed by atoms with Crippen molar-refractivity contribution in [2.45, 2.75) is 13.0 Å². The number of piperazine rings is 1. The number of rotatable bonds is 2. The summed E-state index contributed by atoms with van der Waals surface area (Å²) >= 11 is 8.62. The highest BCUT2D eigenvalue weighted by molar-refractivity contribution is 9.13. The van der Waals surface area contributed by atoms with Crippen molar-refractivity contribution in [3.63, 3.8) is 0 Å². The fraction of sp³-hybridized carbons (Fsp3) is 0.455. The van der Waals surface area contributed by atoms with Gasteiger partial charge in [-0.2, -0.15) is 4.98 Å². The fourth-order valence-corrected chi connectivity index (χ4v) is 4.06. The van der Waals surface area contributed by atoms with Gasteiger partial charge in [0.15, 0.2) is 5.82 Å². The van der Waals surface area contributed by atoms with E-state index in [1.807, 2.05) is 6.07 Å². The monoisotopic (exact) mass is 405 g/mol. The number of hydrogen-bond donors (Lipinski definition) is 2. The predicted molar refractivity (Wildman–Crippen MR) is 84.8 cm³/mol. The first-order valence-corrected chi connectivity index (χ1v) is 8.39. The molecule has 5 nitrogen and oxygen atoms in total. The maximum Gasteiger partial charge on any atom is 0.245 e. The largest absolute Gasteiger partial charge is 0.337 e. The summed E-state index contributed by atoms with van der Waals surface area (Å²) in [7, 11) is 0. The first-order valence-electron chi connectivity index (χ1n) is 5.99. The predicted octanol–water partition coefficient (Wildman–Crippen LogP) is 2.86. The van der Waals surface area contributed by atoms with Gasteiger partial charge in [-0.1, -0.05) is 0 Å². The molecule has 0 spiro atoms. The Morgan fingerprint density at radius 1 is 1.47 bits per heavy atom. The van der Waals surface area contributed by atoms with Crippen LogP contribution in [0.5, 0.6) is 0 Å². The van der Waals surface area contributed by atoms with Crippen LogP contribution < -0.4 is 10.2 Å². The van der Waals surface area contributed by atoms with Crippen molar-refractivity contribution in [3.05, 3.63) is 14.3 Å². The average Bonchev–Trinajstić information content (AvgIpc) is 2.97. The molecular formula is C11H13Br2N5S. The highest BCUT2D eigenvalue weighted by Crippen LogP contribution is 2.37. The molecule has 1 saturated heterocycles. The number of nitrogens with zero attached hydrogens (tertiary/aromatic N) is 3. The Morgan fingerprint density at radius 2 is 2.32 bits per heavy atom. The molecule has 8 heteroatoms. The molecule has 2 N–H and O–H groups in total. The topological polar surface area (TPSA) is 56.8 Å². The molecule has 0 unspecified atom stereocenters. The molecule has 0 aliphatic carbocycles. The van der Waals surface area contributed by atoms with Gasteiger partial charge in [-0.05, 0) is 44.8 Å². The molecule has 1 aliphatic heterocycles. The lowest BCUT2D eigenvalue weighted by molar-refractivity contribution is 0.480. The van der Waals surface area contributed by atoms with E-state index in [9.17, 15) is 0 Å². The molecule has 2 aromatic rings. The van der Waals surface area contributed by atoms with Gasteiger partial charge in [-0.25, -0.2) is 0 Å². The summed E-state index contributed by atoms with van der Waals surface area (Å²) in [5, 5.41) is 10.8. The molecule has 0 amide bonds. The third kappa shape index (κ3) is 2.86. The highest BCUT2D eigenvalue weighted by Gasteiger charge is 2.20. The molecule has 19 heavy (non-hydrogen) atoms. The van der Waals surface area contributed by atoms with Gasteiger partial charge in [0.25, 0.3) is 0 Å². The minimum atomic E-state index is 0.473. The zero-order valence-corrected chi connectivity index (χ0v) is 14.3. The molecule has 1 fully saturated rings. The van der Waals surface area contributed by atoms with E-state index in [1.54, 1.807) is 11.3 Å². The minimum absolute atomic E-state index is 0.473. The molecule has 1 aliphatic rings. The van der Waals surface area contributed by atoms with Gasteiger partial charge in [0.05, 0.1) is 8.66 Å². The van der Waals surface area contributed by atoms with E-state index in [-0.39, 0.29) is 0 Å². The molecule has 0 bridgehead atoms. The maximum atomic E-state index is 4.59. The van der Waals surface area contributed by atoms with E-state index in [0.29, 0.717) is 6.04 Å². The second kappa shape index (κ2) is 5.51. The standard InChI is InChI=1S/C11H13Br2N5S/c1-6-5-18(3-2-14-6)11-15-10(16-17-11)8-4-7(12)9(13)19-8/h4,6,14H,2-3,5H2,1H3,(H,15,16,17)/t6-/m1/s1. The van der Waals surface area contributed by atoms with Gasteiger partial charge >= 0.3 is 0 Å². The lowest BCUT2D eigenvalue weighted by Crippen LogP contribution is -2.49. The Balaban J connectivity index is 1.82. The van der Waals surface area contributed by atoms with Gasteiger partial charge in [0.1, 0.15) is 0 Å². The number of anilines is 1. The Bertz CT molecular complexity index is 562. The molecule has 102 valence electrons. The van der Waals surface area contributed by atoms with Crippen LogP contribution in [0.1, 0.15) is 6.92 Å². The normalized spacial score (nSPS) is 19.9. The van der Waals surface area contributed by atoms with E-state index < -0.39 is 0 Å². The van der Waals surface area contributed by atoms with Crippen molar-refractivity contribution < 1.29 is 0 Å². The zero-order valence-electron chi connectivity index (χ0n) is 10.3. The van der Waals surface area contributed by atoms with Gasteiger partial charge < -0.3 is 10.2 Å². The van der Waals surface area contributed by atoms with Gasteiger partial charge in [-0.3, -0.25) is 5.10 Å². The number of aromatic nitrogens is 3. The highest BCUT2D eigenvalue weighted by atomic mass is 79.9. The second-order valence-corrected chi connectivity index (χ2v) is 7.74. The van der Waals surface area contributed by atoms with E-state index >= 15 is 0 Å². The van der Waals surface area contributed by atoms with E-state index in [4.69, 9.17) is 0 Å². The van der Waals surface area contributed by atoms with E-state index in [1.165, 1.54) is 0 Å². The summed E-state index contributed by atoms with van der Waals surface area (Å²) in [5.74, 6) is 1.60. The van der Waals surface area contributed by atoms with Crippen LogP contribution in [0.3, 0.4) is 0 Å². The Labute approximate surface area is 132 Å². The van der Waals surface area contributed by atoms with Crippen LogP contribution in [-0.2, 0) is 0 Å². The quantitative estimate of drug-likeness (QED) is 0.804.